The summed E-state index contributed by atoms with van der Waals surface area (Å²) in [6.07, 6.45) is -2.37. The van der Waals surface area contributed by atoms with Crippen LogP contribution >= 0.6 is 11.6 Å². The molecular formula is C20H17ClF3N5O. The van der Waals surface area contributed by atoms with Gasteiger partial charge in [0.2, 0.25) is 0 Å². The van der Waals surface area contributed by atoms with Gasteiger partial charge in [-0.15, -0.1) is 10.2 Å². The molecule has 0 radical (unpaired) electrons. The zero-order chi connectivity index (χ0) is 21.6. The van der Waals surface area contributed by atoms with E-state index >= 15 is 0 Å². The zero-order valence-electron chi connectivity index (χ0n) is 16.1. The van der Waals surface area contributed by atoms with Gasteiger partial charge in [0.1, 0.15) is 23.1 Å². The number of nitrogens with zero attached hydrogens (tertiary/aromatic N) is 5. The molecule has 6 nitrogen and oxygen atoms in total. The van der Waals surface area contributed by atoms with Crippen molar-refractivity contribution in [3.8, 4) is 0 Å². The van der Waals surface area contributed by atoms with E-state index in [0.29, 0.717) is 6.42 Å². The molecule has 1 aromatic carbocycles. The Hall–Kier alpha value is -2.94. The number of aromatic nitrogens is 4. The molecule has 0 saturated heterocycles. The maximum Gasteiger partial charge on any atom is 0.416 e. The van der Waals surface area contributed by atoms with Gasteiger partial charge in [-0.3, -0.25) is 9.69 Å². The molecule has 2 aromatic heterocycles. The fraction of sp³-hybridized carbons (Fsp3) is 0.300. The number of hydrogen-bond donors (Lipinski definition) is 0. The van der Waals surface area contributed by atoms with E-state index < -0.39 is 17.6 Å². The van der Waals surface area contributed by atoms with E-state index in [2.05, 4.69) is 15.2 Å². The SMILES string of the molecule is C[C@H](Cc1nncn1C)c1cc(Cl)nc(N2Cc3c(cccc3C(F)(F)F)C2=O)c1. The van der Waals surface area contributed by atoms with Crippen LogP contribution in [0.2, 0.25) is 5.15 Å². The molecule has 30 heavy (non-hydrogen) atoms. The number of carbonyl (C=O) groups excluding carboxylic acids is 1. The average molecular weight is 436 g/mol. The lowest BCUT2D eigenvalue weighted by Gasteiger charge is -2.18. The van der Waals surface area contributed by atoms with E-state index in [1.807, 2.05) is 14.0 Å². The summed E-state index contributed by atoms with van der Waals surface area (Å²) in [7, 11) is 1.84. The van der Waals surface area contributed by atoms with Crippen LogP contribution in [-0.4, -0.2) is 25.7 Å². The number of pyridine rings is 1. The van der Waals surface area contributed by atoms with E-state index in [4.69, 9.17) is 11.6 Å². The van der Waals surface area contributed by atoms with Crippen molar-refractivity contribution in [1.82, 2.24) is 19.7 Å². The molecule has 1 amide bonds. The highest BCUT2D eigenvalue weighted by Crippen LogP contribution is 2.38. The van der Waals surface area contributed by atoms with Crippen LogP contribution < -0.4 is 4.90 Å². The fourth-order valence-electron chi connectivity index (χ4n) is 3.59. The summed E-state index contributed by atoms with van der Waals surface area (Å²) in [5.41, 5.74) is -0.0349. The van der Waals surface area contributed by atoms with Crippen molar-refractivity contribution in [3.63, 3.8) is 0 Å². The molecule has 1 atom stereocenters. The minimum atomic E-state index is -4.54. The Morgan fingerprint density at radius 3 is 2.70 bits per heavy atom. The molecular weight excluding hydrogens is 419 g/mol. The molecule has 3 aromatic rings. The first kappa shape index (κ1) is 20.3. The Kier molecular flexibility index (Phi) is 5.01. The van der Waals surface area contributed by atoms with Gasteiger partial charge < -0.3 is 4.57 Å². The van der Waals surface area contributed by atoms with Gasteiger partial charge >= 0.3 is 6.18 Å². The lowest BCUT2D eigenvalue weighted by atomic mass is 9.98. The van der Waals surface area contributed by atoms with Gasteiger partial charge in [-0.1, -0.05) is 24.6 Å². The number of carbonyl (C=O) groups is 1. The molecule has 0 saturated carbocycles. The summed E-state index contributed by atoms with van der Waals surface area (Å²) in [6.45, 7) is 1.75. The van der Waals surface area contributed by atoms with Gasteiger partial charge in [-0.05, 0) is 41.3 Å². The second-order valence-electron chi connectivity index (χ2n) is 7.27. The minimum absolute atomic E-state index is 0.0280. The predicted molar refractivity (Wildman–Crippen MR) is 104 cm³/mol. The summed E-state index contributed by atoms with van der Waals surface area (Å²) in [4.78, 5) is 18.2. The standard InChI is InChI=1S/C20H17ClF3N5O/c1-11(6-18-27-25-10-28(18)2)12-7-16(21)26-17(8-12)29-9-14-13(19(29)30)4-3-5-15(14)20(22,23)24/h3-5,7-8,10-11H,6,9H2,1-2H3/t11-/m1/s1. The fourth-order valence-corrected chi connectivity index (χ4v) is 3.80. The van der Waals surface area contributed by atoms with Gasteiger partial charge in [0.25, 0.3) is 5.91 Å². The highest BCUT2D eigenvalue weighted by molar-refractivity contribution is 6.29. The van der Waals surface area contributed by atoms with Gasteiger partial charge in [0.05, 0.1) is 12.1 Å². The number of rotatable bonds is 4. The zero-order valence-corrected chi connectivity index (χ0v) is 16.9. The number of amides is 1. The Morgan fingerprint density at radius 2 is 2.03 bits per heavy atom. The number of aryl methyl sites for hydroxylation is 1. The van der Waals surface area contributed by atoms with E-state index in [1.54, 1.807) is 23.0 Å². The van der Waals surface area contributed by atoms with Crippen LogP contribution in [0.15, 0.2) is 36.7 Å². The van der Waals surface area contributed by atoms with Crippen LogP contribution in [-0.2, 0) is 26.2 Å². The predicted octanol–water partition coefficient (Wildman–Crippen LogP) is 4.39. The summed E-state index contributed by atoms with van der Waals surface area (Å²) < 4.78 is 41.9. The first-order chi connectivity index (χ1) is 14.1. The van der Waals surface area contributed by atoms with Crippen LogP contribution in [0.4, 0.5) is 19.0 Å². The lowest BCUT2D eigenvalue weighted by molar-refractivity contribution is -0.138. The van der Waals surface area contributed by atoms with E-state index in [1.165, 1.54) is 17.0 Å². The van der Waals surface area contributed by atoms with Crippen molar-refractivity contribution >= 4 is 23.3 Å². The molecule has 0 spiro atoms. The molecule has 0 unspecified atom stereocenters. The van der Waals surface area contributed by atoms with Gasteiger partial charge in [-0.2, -0.15) is 13.2 Å². The number of anilines is 1. The van der Waals surface area contributed by atoms with E-state index in [9.17, 15) is 18.0 Å². The average Bonchev–Trinajstić information content (AvgIpc) is 3.23. The number of halogens is 4. The van der Waals surface area contributed by atoms with E-state index in [0.717, 1.165) is 17.5 Å². The monoisotopic (exact) mass is 435 g/mol. The Labute approximate surface area is 175 Å². The summed E-state index contributed by atoms with van der Waals surface area (Å²) >= 11 is 6.19. The highest BCUT2D eigenvalue weighted by Gasteiger charge is 2.40. The van der Waals surface area contributed by atoms with Gasteiger partial charge in [-0.25, -0.2) is 4.98 Å². The normalized spacial score (nSPS) is 14.9. The summed E-state index contributed by atoms with van der Waals surface area (Å²) in [5, 5.41) is 8.09. The van der Waals surface area contributed by atoms with Gasteiger partial charge in [0, 0.05) is 19.0 Å². The second kappa shape index (κ2) is 7.39. The van der Waals surface area contributed by atoms with Crippen molar-refractivity contribution in [2.75, 3.05) is 4.90 Å². The molecule has 10 heteroatoms. The van der Waals surface area contributed by atoms with Crippen molar-refractivity contribution in [2.45, 2.75) is 32.0 Å². The quantitative estimate of drug-likeness (QED) is 0.570. The second-order valence-corrected chi connectivity index (χ2v) is 7.65. The Morgan fingerprint density at radius 1 is 1.27 bits per heavy atom. The topological polar surface area (TPSA) is 63.9 Å². The molecule has 0 aliphatic carbocycles. The molecule has 0 bridgehead atoms. The molecule has 156 valence electrons. The van der Waals surface area contributed by atoms with Crippen LogP contribution in [0.3, 0.4) is 0 Å². The van der Waals surface area contributed by atoms with Crippen molar-refractivity contribution in [1.29, 1.82) is 0 Å². The van der Waals surface area contributed by atoms with Crippen molar-refractivity contribution in [3.05, 3.63) is 69.9 Å². The van der Waals surface area contributed by atoms with Crippen LogP contribution in [0, 0.1) is 0 Å². The van der Waals surface area contributed by atoms with Crippen molar-refractivity contribution < 1.29 is 18.0 Å². The lowest BCUT2D eigenvalue weighted by Crippen LogP contribution is -2.24. The maximum absolute atomic E-state index is 13.4. The Balaban J connectivity index is 1.67. The maximum atomic E-state index is 13.4. The molecule has 1 aliphatic rings. The first-order valence-electron chi connectivity index (χ1n) is 9.16. The van der Waals surface area contributed by atoms with E-state index in [-0.39, 0.29) is 34.6 Å². The van der Waals surface area contributed by atoms with Gasteiger partial charge in [0.15, 0.2) is 0 Å². The molecule has 4 rings (SSSR count). The van der Waals surface area contributed by atoms with Crippen LogP contribution in [0.5, 0.6) is 0 Å². The third-order valence-corrected chi connectivity index (χ3v) is 5.41. The summed E-state index contributed by atoms with van der Waals surface area (Å²) in [5.74, 6) is 0.434. The Bertz CT molecular complexity index is 1130. The number of benzene rings is 1. The smallest absolute Gasteiger partial charge is 0.321 e. The first-order valence-corrected chi connectivity index (χ1v) is 9.54. The third-order valence-electron chi connectivity index (χ3n) is 5.22. The largest absolute Gasteiger partial charge is 0.416 e. The number of fused-ring (bicyclic) bond motifs is 1. The van der Waals surface area contributed by atoms with Crippen LogP contribution in [0.1, 0.15) is 45.7 Å². The molecule has 1 aliphatic heterocycles. The van der Waals surface area contributed by atoms with Crippen LogP contribution in [0.25, 0.3) is 0 Å². The van der Waals surface area contributed by atoms with Crippen molar-refractivity contribution in [2.24, 2.45) is 7.05 Å². The minimum Gasteiger partial charge on any atom is -0.321 e. The molecule has 0 N–H and O–H groups in total. The summed E-state index contributed by atoms with van der Waals surface area (Å²) in [6, 6.07) is 6.98. The number of alkyl halides is 3. The third kappa shape index (κ3) is 3.65. The molecule has 0 fully saturated rings. The number of hydrogen-bond acceptors (Lipinski definition) is 4. The highest BCUT2D eigenvalue weighted by atomic mass is 35.5. The molecule has 3 heterocycles.